The monoisotopic (exact) mass is 724 g/mol. The molecule has 0 bridgehead atoms. The number of ether oxygens (including phenoxy) is 1. The van der Waals surface area contributed by atoms with Gasteiger partial charge in [-0.2, -0.15) is 0 Å². The highest BCUT2D eigenvalue weighted by Gasteiger charge is 2.24. The van der Waals surface area contributed by atoms with Gasteiger partial charge in [-0.1, -0.05) is 213 Å². The minimum Gasteiger partial charge on any atom is -0.462 e. The third-order valence-corrected chi connectivity index (χ3v) is 10.7. The lowest BCUT2D eigenvalue weighted by Crippen LogP contribution is -2.46. The average Bonchev–Trinajstić information content (AvgIpc) is 3.12. The van der Waals surface area contributed by atoms with Crippen molar-refractivity contribution in [1.82, 2.24) is 5.32 Å². The third-order valence-electron chi connectivity index (χ3n) is 10.7. The Labute approximate surface area is 317 Å². The van der Waals surface area contributed by atoms with E-state index in [0.29, 0.717) is 19.3 Å². The van der Waals surface area contributed by atoms with Crippen molar-refractivity contribution in [2.45, 2.75) is 270 Å². The van der Waals surface area contributed by atoms with Crippen molar-refractivity contribution in [3.8, 4) is 0 Å². The van der Waals surface area contributed by atoms with Crippen molar-refractivity contribution < 1.29 is 24.5 Å². The topological polar surface area (TPSA) is 95.9 Å². The molecule has 304 valence electrons. The third kappa shape index (κ3) is 35.6. The van der Waals surface area contributed by atoms with E-state index in [1.54, 1.807) is 0 Å². The van der Waals surface area contributed by atoms with Gasteiger partial charge in [-0.15, -0.1) is 0 Å². The molecule has 0 spiro atoms. The standard InChI is InChI=1S/C45H89NO5/c1-4-7-10-13-16-19-22-23-24-27-30-33-36-41(51-45(50)38-35-32-29-26-21-18-15-12-9-6-3)39-44(49)46-42(40-47)43(48)37-34-31-28-25-20-17-14-11-8-5-2/h41-43,47-48H,4-40H2,1-3H3,(H,46,49). The van der Waals surface area contributed by atoms with Crippen LogP contribution < -0.4 is 5.32 Å². The van der Waals surface area contributed by atoms with Gasteiger partial charge in [0.25, 0.3) is 0 Å². The number of aliphatic hydroxyl groups excluding tert-OH is 2. The Kier molecular flexibility index (Phi) is 39.2. The van der Waals surface area contributed by atoms with Gasteiger partial charge in [-0.05, 0) is 25.7 Å². The summed E-state index contributed by atoms with van der Waals surface area (Å²) in [6, 6.07) is -0.689. The molecule has 0 aliphatic carbocycles. The molecular formula is C45H89NO5. The SMILES string of the molecule is CCCCCCCCCCCCCCC(CC(=O)NC(CO)C(O)CCCCCCCCCCCC)OC(=O)CCCCCCCCCCCC. The highest BCUT2D eigenvalue weighted by Crippen LogP contribution is 2.18. The molecule has 0 heterocycles. The zero-order valence-electron chi connectivity index (χ0n) is 34.5. The number of esters is 1. The number of carbonyl (C=O) groups is 2. The summed E-state index contributed by atoms with van der Waals surface area (Å²) in [6.07, 6.45) is 40.1. The minimum absolute atomic E-state index is 0.0866. The molecular weight excluding hydrogens is 634 g/mol. The predicted octanol–water partition coefficient (Wildman–Crippen LogP) is 12.8. The van der Waals surface area contributed by atoms with E-state index in [2.05, 4.69) is 26.1 Å². The zero-order chi connectivity index (χ0) is 37.5. The Balaban J connectivity index is 4.55. The van der Waals surface area contributed by atoms with E-state index < -0.39 is 18.2 Å². The molecule has 3 N–H and O–H groups in total. The summed E-state index contributed by atoms with van der Waals surface area (Å²) in [4.78, 5) is 25.9. The lowest BCUT2D eigenvalue weighted by atomic mass is 10.0. The number of hydrogen-bond donors (Lipinski definition) is 3. The molecule has 0 aromatic carbocycles. The molecule has 0 saturated heterocycles. The summed E-state index contributed by atoms with van der Waals surface area (Å²) < 4.78 is 5.89. The Morgan fingerprint density at radius 1 is 0.490 bits per heavy atom. The Morgan fingerprint density at radius 2 is 0.824 bits per heavy atom. The summed E-state index contributed by atoms with van der Waals surface area (Å²) >= 11 is 0. The van der Waals surface area contributed by atoms with E-state index >= 15 is 0 Å². The fraction of sp³-hybridized carbons (Fsp3) is 0.956. The van der Waals surface area contributed by atoms with E-state index in [1.165, 1.54) is 161 Å². The first-order valence-corrected chi connectivity index (χ1v) is 22.8. The maximum absolute atomic E-state index is 13.1. The van der Waals surface area contributed by atoms with E-state index in [0.717, 1.165) is 44.9 Å². The number of unbranched alkanes of at least 4 members (excludes halogenated alkanes) is 29. The summed E-state index contributed by atoms with van der Waals surface area (Å²) in [5.41, 5.74) is 0. The smallest absolute Gasteiger partial charge is 0.306 e. The van der Waals surface area contributed by atoms with Crippen LogP contribution in [0.3, 0.4) is 0 Å². The molecule has 0 aromatic rings. The number of amides is 1. The van der Waals surface area contributed by atoms with Crippen LogP contribution in [-0.2, 0) is 14.3 Å². The van der Waals surface area contributed by atoms with E-state index in [9.17, 15) is 19.8 Å². The van der Waals surface area contributed by atoms with E-state index in [-0.39, 0.29) is 24.9 Å². The molecule has 51 heavy (non-hydrogen) atoms. The lowest BCUT2D eigenvalue weighted by Gasteiger charge is -2.24. The van der Waals surface area contributed by atoms with Gasteiger partial charge in [0.2, 0.25) is 5.91 Å². The molecule has 3 unspecified atom stereocenters. The molecule has 0 aliphatic heterocycles. The second-order valence-electron chi connectivity index (χ2n) is 15.8. The normalized spacial score (nSPS) is 13.3. The first-order chi connectivity index (χ1) is 25.0. The van der Waals surface area contributed by atoms with Crippen molar-refractivity contribution in [1.29, 1.82) is 0 Å². The number of carbonyl (C=O) groups excluding carboxylic acids is 2. The molecule has 0 saturated carbocycles. The van der Waals surface area contributed by atoms with Gasteiger partial charge >= 0.3 is 5.97 Å². The summed E-state index contributed by atoms with van der Waals surface area (Å²) in [5.74, 6) is -0.460. The van der Waals surface area contributed by atoms with Gasteiger partial charge in [0.15, 0.2) is 0 Å². The number of rotatable bonds is 41. The van der Waals surface area contributed by atoms with Crippen LogP contribution in [0.5, 0.6) is 0 Å². The summed E-state index contributed by atoms with van der Waals surface area (Å²) in [7, 11) is 0. The van der Waals surface area contributed by atoms with Crippen LogP contribution in [0, 0.1) is 0 Å². The van der Waals surface area contributed by atoms with Gasteiger partial charge in [-0.3, -0.25) is 9.59 Å². The Hall–Kier alpha value is -1.14. The summed E-state index contributed by atoms with van der Waals surface area (Å²) in [6.45, 7) is 6.46. The highest BCUT2D eigenvalue weighted by molar-refractivity contribution is 5.77. The first-order valence-electron chi connectivity index (χ1n) is 22.8. The van der Waals surface area contributed by atoms with Crippen LogP contribution in [0.15, 0.2) is 0 Å². The van der Waals surface area contributed by atoms with Gasteiger partial charge in [0.1, 0.15) is 6.10 Å². The van der Waals surface area contributed by atoms with Crippen molar-refractivity contribution in [2.75, 3.05) is 6.61 Å². The fourth-order valence-corrected chi connectivity index (χ4v) is 7.20. The van der Waals surface area contributed by atoms with Crippen LogP contribution in [-0.4, -0.2) is 46.9 Å². The number of hydrogen-bond acceptors (Lipinski definition) is 5. The molecule has 6 heteroatoms. The molecule has 0 rings (SSSR count). The van der Waals surface area contributed by atoms with Gasteiger partial charge in [0.05, 0.1) is 25.2 Å². The quantitative estimate of drug-likeness (QED) is 0.0431. The van der Waals surface area contributed by atoms with Crippen molar-refractivity contribution in [3.63, 3.8) is 0 Å². The fourth-order valence-electron chi connectivity index (χ4n) is 7.20. The second kappa shape index (κ2) is 40.1. The summed E-state index contributed by atoms with van der Waals surface area (Å²) in [5, 5.41) is 23.6. The van der Waals surface area contributed by atoms with Crippen LogP contribution in [0.25, 0.3) is 0 Å². The Bertz CT molecular complexity index is 731. The Morgan fingerprint density at radius 3 is 1.20 bits per heavy atom. The molecule has 6 nitrogen and oxygen atoms in total. The molecule has 0 aliphatic rings. The number of nitrogens with one attached hydrogen (secondary N) is 1. The predicted molar refractivity (Wildman–Crippen MR) is 218 cm³/mol. The van der Waals surface area contributed by atoms with Crippen molar-refractivity contribution in [3.05, 3.63) is 0 Å². The van der Waals surface area contributed by atoms with Crippen LogP contribution >= 0.6 is 0 Å². The molecule has 3 atom stereocenters. The van der Waals surface area contributed by atoms with Crippen LogP contribution in [0.4, 0.5) is 0 Å². The average molecular weight is 724 g/mol. The lowest BCUT2D eigenvalue weighted by molar-refractivity contribution is -0.151. The maximum Gasteiger partial charge on any atom is 0.306 e. The second-order valence-corrected chi connectivity index (χ2v) is 15.8. The van der Waals surface area contributed by atoms with Crippen molar-refractivity contribution >= 4 is 11.9 Å². The van der Waals surface area contributed by atoms with E-state index in [1.807, 2.05) is 0 Å². The van der Waals surface area contributed by atoms with Gasteiger partial charge in [-0.25, -0.2) is 0 Å². The maximum atomic E-state index is 13.1. The largest absolute Gasteiger partial charge is 0.462 e. The highest BCUT2D eigenvalue weighted by atomic mass is 16.5. The van der Waals surface area contributed by atoms with Crippen molar-refractivity contribution in [2.24, 2.45) is 0 Å². The molecule has 0 fully saturated rings. The van der Waals surface area contributed by atoms with Crippen LogP contribution in [0.1, 0.15) is 252 Å². The van der Waals surface area contributed by atoms with Gasteiger partial charge < -0.3 is 20.3 Å². The molecule has 1 amide bonds. The van der Waals surface area contributed by atoms with Gasteiger partial charge in [0, 0.05) is 6.42 Å². The minimum atomic E-state index is -0.776. The number of aliphatic hydroxyl groups is 2. The van der Waals surface area contributed by atoms with E-state index in [4.69, 9.17) is 4.74 Å². The zero-order valence-corrected chi connectivity index (χ0v) is 34.5. The molecule has 0 radical (unpaired) electrons. The first kappa shape index (κ1) is 49.9. The molecule has 0 aromatic heterocycles. The van der Waals surface area contributed by atoms with Crippen LogP contribution in [0.2, 0.25) is 0 Å².